The van der Waals surface area contributed by atoms with Crippen molar-refractivity contribution in [2.45, 2.75) is 44.7 Å². The predicted molar refractivity (Wildman–Crippen MR) is 112 cm³/mol. The number of fused-ring (bicyclic) bond motifs is 1. The molecule has 0 spiro atoms. The summed E-state index contributed by atoms with van der Waals surface area (Å²) in [6.45, 7) is 4.12. The zero-order valence-corrected chi connectivity index (χ0v) is 16.8. The highest BCUT2D eigenvalue weighted by molar-refractivity contribution is 5.93. The fourth-order valence-corrected chi connectivity index (χ4v) is 4.75. The molecule has 1 amide bonds. The van der Waals surface area contributed by atoms with E-state index in [1.165, 1.54) is 24.0 Å². The molecule has 0 N–H and O–H groups in total. The molecule has 2 fully saturated rings. The first-order chi connectivity index (χ1) is 14.3. The van der Waals surface area contributed by atoms with Crippen LogP contribution in [0.4, 0.5) is 5.69 Å². The van der Waals surface area contributed by atoms with Crippen molar-refractivity contribution in [2.24, 2.45) is 0 Å². The molecule has 2 saturated heterocycles. The molecule has 3 aliphatic heterocycles. The van der Waals surface area contributed by atoms with Crippen LogP contribution in [-0.4, -0.2) is 37.1 Å². The molecule has 0 radical (unpaired) electrons. The molecule has 3 heterocycles. The number of piperidine rings is 1. The largest absolute Gasteiger partial charge is 0.486 e. The minimum absolute atomic E-state index is 0.252. The average Bonchev–Trinajstić information content (AvgIpc) is 3.22. The van der Waals surface area contributed by atoms with Gasteiger partial charge in [0.2, 0.25) is 5.91 Å². The molecule has 5 heteroatoms. The maximum atomic E-state index is 12.2. The molecule has 0 aliphatic carbocycles. The first kappa shape index (κ1) is 18.5. The zero-order valence-electron chi connectivity index (χ0n) is 16.8. The number of hydrogen-bond acceptors (Lipinski definition) is 4. The first-order valence-electron chi connectivity index (χ1n) is 10.8. The summed E-state index contributed by atoms with van der Waals surface area (Å²) in [6, 6.07) is 15.4. The van der Waals surface area contributed by atoms with E-state index in [9.17, 15) is 4.79 Å². The van der Waals surface area contributed by atoms with Gasteiger partial charge in [0, 0.05) is 31.2 Å². The van der Waals surface area contributed by atoms with Crippen LogP contribution in [0, 0.1) is 0 Å². The van der Waals surface area contributed by atoms with E-state index in [0.29, 0.717) is 25.7 Å². The Balaban J connectivity index is 1.29. The third-order valence-electron chi connectivity index (χ3n) is 6.27. The average molecular weight is 392 g/mol. The van der Waals surface area contributed by atoms with Crippen molar-refractivity contribution in [2.75, 3.05) is 31.2 Å². The van der Waals surface area contributed by atoms with Gasteiger partial charge >= 0.3 is 0 Å². The molecule has 0 unspecified atom stereocenters. The fourth-order valence-electron chi connectivity index (χ4n) is 4.75. The highest BCUT2D eigenvalue weighted by atomic mass is 16.6. The normalized spacial score (nSPS) is 22.1. The van der Waals surface area contributed by atoms with Crippen molar-refractivity contribution >= 4 is 11.6 Å². The van der Waals surface area contributed by atoms with Gasteiger partial charge in [-0.15, -0.1) is 0 Å². The molecular weight excluding hydrogens is 364 g/mol. The van der Waals surface area contributed by atoms with Crippen molar-refractivity contribution in [3.63, 3.8) is 0 Å². The molecule has 0 saturated carbocycles. The van der Waals surface area contributed by atoms with Gasteiger partial charge in [0.05, 0.1) is 0 Å². The lowest BCUT2D eigenvalue weighted by molar-refractivity contribution is -0.119. The lowest BCUT2D eigenvalue weighted by Crippen LogP contribution is -2.35. The lowest BCUT2D eigenvalue weighted by atomic mass is 10.0. The van der Waals surface area contributed by atoms with Gasteiger partial charge in [-0.05, 0) is 67.6 Å². The monoisotopic (exact) mass is 392 g/mol. The summed E-state index contributed by atoms with van der Waals surface area (Å²) in [7, 11) is 0. The summed E-state index contributed by atoms with van der Waals surface area (Å²) in [5, 5.41) is 0. The van der Waals surface area contributed by atoms with E-state index in [2.05, 4.69) is 41.3 Å². The Labute approximate surface area is 172 Å². The van der Waals surface area contributed by atoms with Crippen LogP contribution in [0.15, 0.2) is 42.5 Å². The van der Waals surface area contributed by atoms with E-state index in [1.807, 2.05) is 11.0 Å². The number of carbonyl (C=O) groups is 1. The quantitative estimate of drug-likeness (QED) is 0.778. The molecule has 1 atom stereocenters. The Morgan fingerprint density at radius 2 is 1.72 bits per heavy atom. The van der Waals surface area contributed by atoms with Gasteiger partial charge in [-0.2, -0.15) is 0 Å². The van der Waals surface area contributed by atoms with E-state index < -0.39 is 0 Å². The molecule has 2 aromatic carbocycles. The maximum absolute atomic E-state index is 12.2. The molecule has 2 aromatic rings. The fraction of sp³-hybridized carbons (Fsp3) is 0.458. The molecule has 152 valence electrons. The number of benzene rings is 2. The van der Waals surface area contributed by atoms with E-state index in [1.54, 1.807) is 0 Å². The zero-order chi connectivity index (χ0) is 19.6. The SMILES string of the molecule is O=C1CCCCN1c1ccc(CN2CCC[C@@H]2c2ccc3c(c2)OCCO3)cc1. The third kappa shape index (κ3) is 3.84. The molecule has 3 aliphatic rings. The van der Waals surface area contributed by atoms with E-state index >= 15 is 0 Å². The van der Waals surface area contributed by atoms with Crippen molar-refractivity contribution < 1.29 is 14.3 Å². The van der Waals surface area contributed by atoms with E-state index in [4.69, 9.17) is 9.47 Å². The molecule has 29 heavy (non-hydrogen) atoms. The van der Waals surface area contributed by atoms with Gasteiger partial charge in [0.1, 0.15) is 13.2 Å². The van der Waals surface area contributed by atoms with Gasteiger partial charge in [-0.3, -0.25) is 9.69 Å². The van der Waals surface area contributed by atoms with Crippen molar-refractivity contribution in [1.29, 1.82) is 0 Å². The van der Waals surface area contributed by atoms with E-state index in [0.717, 1.165) is 49.7 Å². The van der Waals surface area contributed by atoms with Gasteiger partial charge in [0.25, 0.3) is 0 Å². The standard InChI is InChI=1S/C24H28N2O3/c27-24-5-1-2-13-26(24)20-9-6-18(7-10-20)17-25-12-3-4-21(25)19-8-11-22-23(16-19)29-15-14-28-22/h6-11,16,21H,1-5,12-15,17H2/t21-/m1/s1. The summed E-state index contributed by atoms with van der Waals surface area (Å²) >= 11 is 0. The summed E-state index contributed by atoms with van der Waals surface area (Å²) in [4.78, 5) is 16.6. The van der Waals surface area contributed by atoms with Gasteiger partial charge in [-0.1, -0.05) is 18.2 Å². The van der Waals surface area contributed by atoms with Crippen LogP contribution in [0.1, 0.15) is 49.3 Å². The van der Waals surface area contributed by atoms with Crippen molar-refractivity contribution in [3.8, 4) is 11.5 Å². The second kappa shape index (κ2) is 8.07. The van der Waals surface area contributed by atoms with Gasteiger partial charge in [-0.25, -0.2) is 0 Å². The van der Waals surface area contributed by atoms with Gasteiger partial charge < -0.3 is 14.4 Å². The lowest BCUT2D eigenvalue weighted by Gasteiger charge is -2.28. The predicted octanol–water partition coefficient (Wildman–Crippen LogP) is 4.31. The number of likely N-dealkylation sites (tertiary alicyclic amines) is 1. The number of anilines is 1. The topological polar surface area (TPSA) is 42.0 Å². The Morgan fingerprint density at radius 3 is 2.55 bits per heavy atom. The number of carbonyl (C=O) groups excluding carboxylic acids is 1. The van der Waals surface area contributed by atoms with Crippen LogP contribution >= 0.6 is 0 Å². The Kier molecular flexibility index (Phi) is 5.15. The summed E-state index contributed by atoms with van der Waals surface area (Å²) < 4.78 is 11.4. The number of amides is 1. The Hall–Kier alpha value is -2.53. The van der Waals surface area contributed by atoms with Crippen molar-refractivity contribution in [3.05, 3.63) is 53.6 Å². The highest BCUT2D eigenvalue weighted by Crippen LogP contribution is 2.38. The number of nitrogens with zero attached hydrogens (tertiary/aromatic N) is 2. The van der Waals surface area contributed by atoms with Gasteiger partial charge in [0.15, 0.2) is 11.5 Å². The molecule has 5 rings (SSSR count). The minimum Gasteiger partial charge on any atom is -0.486 e. The Bertz CT molecular complexity index is 880. The second-order valence-corrected chi connectivity index (χ2v) is 8.20. The molecule has 0 bridgehead atoms. The summed E-state index contributed by atoms with van der Waals surface area (Å²) in [5.41, 5.74) is 3.63. The van der Waals surface area contributed by atoms with Crippen molar-refractivity contribution in [1.82, 2.24) is 4.90 Å². The van der Waals surface area contributed by atoms with Crippen LogP contribution in [0.2, 0.25) is 0 Å². The highest BCUT2D eigenvalue weighted by Gasteiger charge is 2.27. The molecule has 5 nitrogen and oxygen atoms in total. The number of ether oxygens (including phenoxy) is 2. The molecule has 0 aromatic heterocycles. The Morgan fingerprint density at radius 1 is 0.897 bits per heavy atom. The van der Waals surface area contributed by atoms with Crippen LogP contribution in [-0.2, 0) is 11.3 Å². The van der Waals surface area contributed by atoms with E-state index in [-0.39, 0.29) is 5.91 Å². The molecular formula is C24H28N2O3. The minimum atomic E-state index is 0.252. The van der Waals surface area contributed by atoms with Crippen LogP contribution < -0.4 is 14.4 Å². The summed E-state index contributed by atoms with van der Waals surface area (Å²) in [5.74, 6) is 1.98. The van der Waals surface area contributed by atoms with Crippen LogP contribution in [0.3, 0.4) is 0 Å². The smallest absolute Gasteiger partial charge is 0.226 e. The third-order valence-corrected chi connectivity index (χ3v) is 6.27. The number of hydrogen-bond donors (Lipinski definition) is 0. The first-order valence-corrected chi connectivity index (χ1v) is 10.8. The second-order valence-electron chi connectivity index (χ2n) is 8.20. The summed E-state index contributed by atoms with van der Waals surface area (Å²) in [6.07, 6.45) is 5.16. The van der Waals surface area contributed by atoms with Crippen LogP contribution in [0.5, 0.6) is 11.5 Å². The maximum Gasteiger partial charge on any atom is 0.226 e. The van der Waals surface area contributed by atoms with Crippen LogP contribution in [0.25, 0.3) is 0 Å². The number of rotatable bonds is 4.